The molecule has 2 heterocycles. The molecule has 0 aliphatic carbocycles. The van der Waals surface area contributed by atoms with Gasteiger partial charge in [-0.05, 0) is 24.1 Å². The quantitative estimate of drug-likeness (QED) is 0.593. The molecule has 0 saturated carbocycles. The highest BCUT2D eigenvalue weighted by Crippen LogP contribution is 2.12. The van der Waals surface area contributed by atoms with Crippen LogP contribution in [0.4, 0.5) is 4.39 Å². The summed E-state index contributed by atoms with van der Waals surface area (Å²) >= 11 is 1.34. The normalized spacial score (nSPS) is 11.0. The minimum Gasteiger partial charge on any atom is -0.334 e. The fourth-order valence-electron chi connectivity index (χ4n) is 2.76. The fraction of sp³-hybridized carbons (Fsp3) is 0.316. The van der Waals surface area contributed by atoms with Crippen LogP contribution in [-0.2, 0) is 6.54 Å². The second-order valence-corrected chi connectivity index (χ2v) is 6.97. The Morgan fingerprint density at radius 1 is 1.27 bits per heavy atom. The minimum absolute atomic E-state index is 0.0551. The van der Waals surface area contributed by atoms with E-state index in [0.29, 0.717) is 18.1 Å². The maximum absolute atomic E-state index is 13.1. The smallest absolute Gasteiger partial charge is 0.271 e. The van der Waals surface area contributed by atoms with E-state index in [1.165, 1.54) is 34.1 Å². The third kappa shape index (κ3) is 3.99. The highest BCUT2D eigenvalue weighted by atomic mass is 32.1. The summed E-state index contributed by atoms with van der Waals surface area (Å²) < 4.78 is 14.5. The number of carbonyl (C=O) groups is 1. The summed E-state index contributed by atoms with van der Waals surface area (Å²) in [6.07, 6.45) is 5.85. The van der Waals surface area contributed by atoms with Crippen molar-refractivity contribution in [3.63, 3.8) is 0 Å². The first-order valence-corrected chi connectivity index (χ1v) is 9.46. The standard InChI is InChI=1S/C19H20FN3O2S/c1-2-3-4-9-22(13-14-5-7-15(20)8-6-14)17(24)16-12-21-19-23(18(16)25)10-11-26-19/h5-8,10-12H,2-4,9,13H2,1H3. The summed E-state index contributed by atoms with van der Waals surface area (Å²) in [6, 6.07) is 6.06. The van der Waals surface area contributed by atoms with Gasteiger partial charge >= 0.3 is 0 Å². The van der Waals surface area contributed by atoms with Crippen molar-refractivity contribution >= 4 is 22.2 Å². The molecule has 5 nitrogen and oxygen atoms in total. The number of aromatic nitrogens is 2. The first-order chi connectivity index (χ1) is 12.6. The molecule has 3 rings (SSSR count). The van der Waals surface area contributed by atoms with E-state index in [-0.39, 0.29) is 22.8 Å². The van der Waals surface area contributed by atoms with Crippen molar-refractivity contribution in [3.05, 3.63) is 69.3 Å². The first kappa shape index (κ1) is 18.3. The third-order valence-electron chi connectivity index (χ3n) is 4.18. The second-order valence-electron chi connectivity index (χ2n) is 6.09. The lowest BCUT2D eigenvalue weighted by Crippen LogP contribution is -2.36. The molecule has 3 aromatic rings. The van der Waals surface area contributed by atoms with E-state index in [1.54, 1.807) is 28.6 Å². The van der Waals surface area contributed by atoms with Crippen molar-refractivity contribution in [3.8, 4) is 0 Å². The molecule has 0 unspecified atom stereocenters. The van der Waals surface area contributed by atoms with Gasteiger partial charge in [-0.15, -0.1) is 11.3 Å². The van der Waals surface area contributed by atoms with Crippen LogP contribution in [0.15, 0.2) is 46.8 Å². The van der Waals surface area contributed by atoms with E-state index in [0.717, 1.165) is 24.8 Å². The molecular weight excluding hydrogens is 353 g/mol. The van der Waals surface area contributed by atoms with Crippen molar-refractivity contribution < 1.29 is 9.18 Å². The molecule has 0 spiro atoms. The van der Waals surface area contributed by atoms with Crippen molar-refractivity contribution in [1.82, 2.24) is 14.3 Å². The summed E-state index contributed by atoms with van der Waals surface area (Å²) in [6.45, 7) is 2.96. The number of hydrogen-bond acceptors (Lipinski definition) is 4. The zero-order chi connectivity index (χ0) is 18.5. The van der Waals surface area contributed by atoms with Gasteiger partial charge in [0.05, 0.1) is 0 Å². The van der Waals surface area contributed by atoms with Gasteiger partial charge in [-0.1, -0.05) is 31.9 Å². The number of carbonyl (C=O) groups excluding carboxylic acids is 1. The Bertz CT molecular complexity index is 949. The van der Waals surface area contributed by atoms with Crippen LogP contribution in [0.25, 0.3) is 4.96 Å². The molecule has 0 aliphatic rings. The van der Waals surface area contributed by atoms with E-state index in [9.17, 15) is 14.0 Å². The Kier molecular flexibility index (Phi) is 5.78. The van der Waals surface area contributed by atoms with Gasteiger partial charge in [-0.3, -0.25) is 14.0 Å². The SMILES string of the molecule is CCCCCN(Cc1ccc(F)cc1)C(=O)c1cnc2sccn2c1=O. The molecular formula is C19H20FN3O2S. The Balaban J connectivity index is 1.88. The molecule has 0 radical (unpaired) electrons. The number of halogens is 1. The number of thiazole rings is 1. The van der Waals surface area contributed by atoms with Crippen LogP contribution in [0.3, 0.4) is 0 Å². The number of amides is 1. The molecule has 0 fully saturated rings. The molecule has 0 aliphatic heterocycles. The predicted molar refractivity (Wildman–Crippen MR) is 100 cm³/mol. The summed E-state index contributed by atoms with van der Waals surface area (Å²) in [7, 11) is 0. The Labute approximate surface area is 154 Å². The maximum atomic E-state index is 13.1. The molecule has 2 aromatic heterocycles. The molecule has 0 bridgehead atoms. The molecule has 136 valence electrons. The van der Waals surface area contributed by atoms with Crippen molar-refractivity contribution in [1.29, 1.82) is 0 Å². The highest BCUT2D eigenvalue weighted by Gasteiger charge is 2.20. The van der Waals surface area contributed by atoms with Crippen molar-refractivity contribution in [2.45, 2.75) is 32.7 Å². The zero-order valence-corrected chi connectivity index (χ0v) is 15.3. The van der Waals surface area contributed by atoms with E-state index < -0.39 is 0 Å². The number of hydrogen-bond donors (Lipinski definition) is 0. The first-order valence-electron chi connectivity index (χ1n) is 8.58. The van der Waals surface area contributed by atoms with E-state index in [1.807, 2.05) is 0 Å². The summed E-state index contributed by atoms with van der Waals surface area (Å²) in [4.78, 5) is 32.0. The van der Waals surface area contributed by atoms with Crippen LogP contribution in [-0.4, -0.2) is 26.7 Å². The molecule has 0 N–H and O–H groups in total. The maximum Gasteiger partial charge on any atom is 0.271 e. The van der Waals surface area contributed by atoms with E-state index in [2.05, 4.69) is 11.9 Å². The fourth-order valence-corrected chi connectivity index (χ4v) is 3.43. The van der Waals surface area contributed by atoms with Crippen LogP contribution < -0.4 is 5.56 Å². The molecule has 1 amide bonds. The van der Waals surface area contributed by atoms with Crippen LogP contribution in [0.5, 0.6) is 0 Å². The minimum atomic E-state index is -0.360. The zero-order valence-electron chi connectivity index (χ0n) is 14.5. The van der Waals surface area contributed by atoms with Gasteiger partial charge in [0.2, 0.25) is 0 Å². The topological polar surface area (TPSA) is 54.7 Å². The number of benzene rings is 1. The number of rotatable bonds is 7. The van der Waals surface area contributed by atoms with E-state index >= 15 is 0 Å². The average Bonchev–Trinajstić information content (AvgIpc) is 3.12. The highest BCUT2D eigenvalue weighted by molar-refractivity contribution is 7.15. The predicted octanol–water partition coefficient (Wildman–Crippen LogP) is 3.73. The molecule has 26 heavy (non-hydrogen) atoms. The lowest BCUT2D eigenvalue weighted by Gasteiger charge is -2.22. The van der Waals surface area contributed by atoms with Gasteiger partial charge in [-0.25, -0.2) is 9.37 Å². The lowest BCUT2D eigenvalue weighted by molar-refractivity contribution is 0.0737. The molecule has 1 aromatic carbocycles. The van der Waals surface area contributed by atoms with Gasteiger partial charge in [0.15, 0.2) is 4.96 Å². The largest absolute Gasteiger partial charge is 0.334 e. The van der Waals surface area contributed by atoms with Gasteiger partial charge in [-0.2, -0.15) is 0 Å². The second kappa shape index (κ2) is 8.23. The van der Waals surface area contributed by atoms with Crippen LogP contribution >= 0.6 is 11.3 Å². The van der Waals surface area contributed by atoms with Gasteiger partial charge in [0.1, 0.15) is 11.4 Å². The third-order valence-corrected chi connectivity index (χ3v) is 4.95. The molecule has 7 heteroatoms. The van der Waals surface area contributed by atoms with Gasteiger partial charge < -0.3 is 4.90 Å². The Morgan fingerprint density at radius 3 is 2.77 bits per heavy atom. The summed E-state index contributed by atoms with van der Waals surface area (Å²) in [5.41, 5.74) is 0.515. The van der Waals surface area contributed by atoms with Crippen molar-refractivity contribution in [2.24, 2.45) is 0 Å². The average molecular weight is 373 g/mol. The van der Waals surface area contributed by atoms with E-state index in [4.69, 9.17) is 0 Å². The van der Waals surface area contributed by atoms with Crippen molar-refractivity contribution in [2.75, 3.05) is 6.54 Å². The number of unbranched alkanes of at least 4 members (excludes halogenated alkanes) is 2. The summed E-state index contributed by atoms with van der Waals surface area (Å²) in [5.74, 6) is -0.661. The van der Waals surface area contributed by atoms with Gasteiger partial charge in [0, 0.05) is 30.9 Å². The molecule has 0 saturated heterocycles. The van der Waals surface area contributed by atoms with Crippen LogP contribution in [0.2, 0.25) is 0 Å². The van der Waals surface area contributed by atoms with Crippen LogP contribution in [0, 0.1) is 5.82 Å². The lowest BCUT2D eigenvalue weighted by atomic mass is 10.1. The number of nitrogens with zero attached hydrogens (tertiary/aromatic N) is 3. The Hall–Kier alpha value is -2.54. The monoisotopic (exact) mass is 373 g/mol. The molecule has 0 atom stereocenters. The summed E-state index contributed by atoms with van der Waals surface area (Å²) in [5, 5.41) is 1.76. The number of fused-ring (bicyclic) bond motifs is 1. The van der Waals surface area contributed by atoms with Gasteiger partial charge in [0.25, 0.3) is 11.5 Å². The van der Waals surface area contributed by atoms with Crippen LogP contribution in [0.1, 0.15) is 42.1 Å². The Morgan fingerprint density at radius 2 is 2.04 bits per heavy atom.